The third-order valence-corrected chi connectivity index (χ3v) is 4.21. The monoisotopic (exact) mass is 387 g/mol. The first kappa shape index (κ1) is 17.5. The Morgan fingerprint density at radius 3 is 2.64 bits per heavy atom. The molecule has 1 aromatic rings. The molecular formula is C14H15BrF5NO. The van der Waals surface area contributed by atoms with Crippen LogP contribution in [0, 0.1) is 5.92 Å². The predicted octanol–water partition coefficient (Wildman–Crippen LogP) is 4.82. The average Bonchev–Trinajstić information content (AvgIpc) is 2.41. The number of ether oxygens (including phenoxy) is 1. The van der Waals surface area contributed by atoms with Gasteiger partial charge in [0.1, 0.15) is 5.75 Å². The largest absolute Gasteiger partial charge is 0.434 e. The van der Waals surface area contributed by atoms with Crippen molar-refractivity contribution in [2.45, 2.75) is 32.2 Å². The van der Waals surface area contributed by atoms with Crippen LogP contribution in [0.25, 0.3) is 0 Å². The lowest BCUT2D eigenvalue weighted by Crippen LogP contribution is -2.41. The molecule has 0 amide bonds. The fourth-order valence-corrected chi connectivity index (χ4v) is 3.08. The van der Waals surface area contributed by atoms with Gasteiger partial charge in [-0.25, -0.2) is 0 Å². The number of benzene rings is 1. The Labute approximate surface area is 133 Å². The fraction of sp³-hybridized carbons (Fsp3) is 0.571. The van der Waals surface area contributed by atoms with Gasteiger partial charge < -0.3 is 4.74 Å². The van der Waals surface area contributed by atoms with Crippen LogP contribution in [-0.2, 0) is 6.54 Å². The van der Waals surface area contributed by atoms with Crippen LogP contribution < -0.4 is 4.74 Å². The number of hydrogen-bond donors (Lipinski definition) is 0. The first-order chi connectivity index (χ1) is 10.3. The van der Waals surface area contributed by atoms with Crippen LogP contribution in [0.15, 0.2) is 22.7 Å². The number of alkyl halides is 5. The highest BCUT2D eigenvalue weighted by molar-refractivity contribution is 9.10. The Balaban J connectivity index is 2.00. The van der Waals surface area contributed by atoms with E-state index in [2.05, 4.69) is 20.7 Å². The predicted molar refractivity (Wildman–Crippen MR) is 74.8 cm³/mol. The summed E-state index contributed by atoms with van der Waals surface area (Å²) in [5, 5.41) is 0. The van der Waals surface area contributed by atoms with E-state index in [1.165, 1.54) is 6.07 Å². The lowest BCUT2D eigenvalue weighted by molar-refractivity contribution is -0.187. The maximum absolute atomic E-state index is 12.8. The zero-order chi connectivity index (χ0) is 16.3. The number of piperidine rings is 1. The molecule has 0 bridgehead atoms. The van der Waals surface area contributed by atoms with Gasteiger partial charge in [0.05, 0.1) is 10.4 Å². The molecule has 0 aromatic heterocycles. The van der Waals surface area contributed by atoms with Crippen molar-refractivity contribution in [2.24, 2.45) is 5.92 Å². The molecule has 8 heteroatoms. The van der Waals surface area contributed by atoms with Gasteiger partial charge in [-0.3, -0.25) is 4.90 Å². The lowest BCUT2D eigenvalue weighted by Gasteiger charge is -2.33. The number of likely N-dealkylation sites (tertiary alicyclic amines) is 1. The maximum Gasteiger partial charge on any atom is 0.393 e. The second-order valence-corrected chi connectivity index (χ2v) is 6.11. The first-order valence-electron chi connectivity index (χ1n) is 6.78. The van der Waals surface area contributed by atoms with Gasteiger partial charge in [-0.2, -0.15) is 22.0 Å². The summed E-state index contributed by atoms with van der Waals surface area (Å²) in [6, 6.07) is 4.56. The van der Waals surface area contributed by atoms with Crippen molar-refractivity contribution in [3.63, 3.8) is 0 Å². The van der Waals surface area contributed by atoms with Crippen LogP contribution in [0.1, 0.15) is 18.4 Å². The molecule has 0 aliphatic carbocycles. The second kappa shape index (κ2) is 7.12. The first-order valence-corrected chi connectivity index (χ1v) is 7.57. The SMILES string of the molecule is FC(F)Oc1ccc(CN2CCCC(C(F)(F)F)C2)cc1Br. The minimum absolute atomic E-state index is 0.00515. The molecule has 1 saturated heterocycles. The fourth-order valence-electron chi connectivity index (χ4n) is 2.56. The molecule has 2 nitrogen and oxygen atoms in total. The molecule has 0 saturated carbocycles. The molecule has 22 heavy (non-hydrogen) atoms. The molecule has 1 atom stereocenters. The highest BCUT2D eigenvalue weighted by Crippen LogP contribution is 2.34. The van der Waals surface area contributed by atoms with Crippen LogP contribution in [0.3, 0.4) is 0 Å². The van der Waals surface area contributed by atoms with Crippen molar-refractivity contribution in [3.8, 4) is 5.75 Å². The van der Waals surface area contributed by atoms with Crippen molar-refractivity contribution in [1.82, 2.24) is 4.90 Å². The molecule has 1 aliphatic heterocycles. The summed E-state index contributed by atoms with van der Waals surface area (Å²) in [4.78, 5) is 1.73. The summed E-state index contributed by atoms with van der Waals surface area (Å²) >= 11 is 3.13. The Hall–Kier alpha value is -0.890. The van der Waals surface area contributed by atoms with Gasteiger partial charge in [0, 0.05) is 13.1 Å². The molecule has 1 fully saturated rings. The van der Waals surface area contributed by atoms with Gasteiger partial charge in [-0.15, -0.1) is 0 Å². The van der Waals surface area contributed by atoms with E-state index in [0.717, 1.165) is 5.56 Å². The zero-order valence-corrected chi connectivity index (χ0v) is 13.1. The van der Waals surface area contributed by atoms with Crippen molar-refractivity contribution in [3.05, 3.63) is 28.2 Å². The van der Waals surface area contributed by atoms with Gasteiger partial charge in [0.15, 0.2) is 0 Å². The van der Waals surface area contributed by atoms with E-state index in [0.29, 0.717) is 24.0 Å². The topological polar surface area (TPSA) is 12.5 Å². The van der Waals surface area contributed by atoms with E-state index >= 15 is 0 Å². The number of halogens is 6. The summed E-state index contributed by atoms with van der Waals surface area (Å²) in [6.07, 6.45) is -3.52. The summed E-state index contributed by atoms with van der Waals surface area (Å²) < 4.78 is 67.3. The van der Waals surface area contributed by atoms with E-state index in [9.17, 15) is 22.0 Å². The number of rotatable bonds is 4. The standard InChI is InChI=1S/C14H15BrF5NO/c15-11-6-9(3-4-12(11)22-13(16)17)7-21-5-1-2-10(8-21)14(18,19)20/h3-4,6,10,13H,1-2,5,7-8H2. The van der Waals surface area contributed by atoms with Crippen molar-refractivity contribution >= 4 is 15.9 Å². The Morgan fingerprint density at radius 2 is 2.05 bits per heavy atom. The Kier molecular flexibility index (Phi) is 5.65. The van der Waals surface area contributed by atoms with E-state index in [4.69, 9.17) is 0 Å². The molecule has 0 radical (unpaired) electrons. The summed E-state index contributed by atoms with van der Waals surface area (Å²) in [5.41, 5.74) is 0.747. The quantitative estimate of drug-likeness (QED) is 0.686. The highest BCUT2D eigenvalue weighted by Gasteiger charge is 2.41. The van der Waals surface area contributed by atoms with E-state index in [-0.39, 0.29) is 18.7 Å². The molecular weight excluding hydrogens is 373 g/mol. The summed E-state index contributed by atoms with van der Waals surface area (Å²) in [5.74, 6) is -1.29. The minimum Gasteiger partial charge on any atom is -0.434 e. The van der Waals surface area contributed by atoms with Crippen LogP contribution in [-0.4, -0.2) is 30.8 Å². The minimum atomic E-state index is -4.17. The van der Waals surface area contributed by atoms with Crippen LogP contribution >= 0.6 is 15.9 Å². The van der Waals surface area contributed by atoms with Crippen LogP contribution in [0.4, 0.5) is 22.0 Å². The molecule has 1 heterocycles. The molecule has 1 unspecified atom stereocenters. The molecule has 1 aromatic carbocycles. The number of hydrogen-bond acceptors (Lipinski definition) is 2. The molecule has 0 spiro atoms. The van der Waals surface area contributed by atoms with Crippen molar-refractivity contribution in [2.75, 3.05) is 13.1 Å². The smallest absolute Gasteiger partial charge is 0.393 e. The van der Waals surface area contributed by atoms with E-state index in [1.54, 1.807) is 17.0 Å². The van der Waals surface area contributed by atoms with E-state index < -0.39 is 18.7 Å². The maximum atomic E-state index is 12.8. The lowest BCUT2D eigenvalue weighted by atomic mass is 9.97. The zero-order valence-electron chi connectivity index (χ0n) is 11.5. The van der Waals surface area contributed by atoms with Gasteiger partial charge in [0.25, 0.3) is 0 Å². The third-order valence-electron chi connectivity index (χ3n) is 3.59. The van der Waals surface area contributed by atoms with Crippen molar-refractivity contribution < 1.29 is 26.7 Å². The van der Waals surface area contributed by atoms with Crippen molar-refractivity contribution in [1.29, 1.82) is 0 Å². The Bertz CT molecular complexity index is 508. The normalized spacial score (nSPS) is 20.4. The van der Waals surface area contributed by atoms with Gasteiger partial charge in [-0.1, -0.05) is 6.07 Å². The molecule has 1 aliphatic rings. The third kappa shape index (κ3) is 4.81. The average molecular weight is 388 g/mol. The van der Waals surface area contributed by atoms with Gasteiger partial charge in [-0.05, 0) is 53.0 Å². The molecule has 2 rings (SSSR count). The van der Waals surface area contributed by atoms with Gasteiger partial charge in [0.2, 0.25) is 0 Å². The Morgan fingerprint density at radius 1 is 1.32 bits per heavy atom. The van der Waals surface area contributed by atoms with Crippen LogP contribution in [0.5, 0.6) is 5.75 Å². The molecule has 0 N–H and O–H groups in total. The summed E-state index contributed by atoms with van der Waals surface area (Å²) in [7, 11) is 0. The van der Waals surface area contributed by atoms with E-state index in [1.807, 2.05) is 0 Å². The number of nitrogens with zero attached hydrogens (tertiary/aromatic N) is 1. The second-order valence-electron chi connectivity index (χ2n) is 5.26. The van der Waals surface area contributed by atoms with Crippen LogP contribution in [0.2, 0.25) is 0 Å². The van der Waals surface area contributed by atoms with Gasteiger partial charge >= 0.3 is 12.8 Å². The highest BCUT2D eigenvalue weighted by atomic mass is 79.9. The molecule has 124 valence electrons. The summed E-state index contributed by atoms with van der Waals surface area (Å²) in [6.45, 7) is -2.01.